The minimum Gasteiger partial charge on any atom is -0.313 e. The van der Waals surface area contributed by atoms with Crippen molar-refractivity contribution in [3.05, 3.63) is 34.9 Å². The Morgan fingerprint density at radius 3 is 2.33 bits per heavy atom. The lowest BCUT2D eigenvalue weighted by Gasteiger charge is -2.34. The van der Waals surface area contributed by atoms with Crippen molar-refractivity contribution in [2.75, 3.05) is 7.05 Å². The van der Waals surface area contributed by atoms with Gasteiger partial charge in [0.15, 0.2) is 0 Å². The number of benzene rings is 1. The third kappa shape index (κ3) is 2.53. The van der Waals surface area contributed by atoms with Crippen molar-refractivity contribution in [3.63, 3.8) is 0 Å². The Labute approximate surface area is 105 Å². The van der Waals surface area contributed by atoms with Gasteiger partial charge < -0.3 is 5.32 Å². The fourth-order valence-electron chi connectivity index (χ4n) is 2.62. The second-order valence-electron chi connectivity index (χ2n) is 5.03. The molecule has 0 aromatic heterocycles. The molecule has 0 aliphatic heterocycles. The van der Waals surface area contributed by atoms with Crippen LogP contribution in [0, 0.1) is 12.8 Å². The first-order chi connectivity index (χ1) is 8.43. The van der Waals surface area contributed by atoms with E-state index in [0.717, 1.165) is 24.0 Å². The minimum absolute atomic E-state index is 0.182. The van der Waals surface area contributed by atoms with E-state index < -0.39 is 11.7 Å². The Morgan fingerprint density at radius 1 is 1.28 bits per heavy atom. The summed E-state index contributed by atoms with van der Waals surface area (Å²) in [5.41, 5.74) is 1.15. The third-order valence-electron chi connectivity index (χ3n) is 3.86. The molecule has 2 rings (SSSR count). The van der Waals surface area contributed by atoms with Crippen molar-refractivity contribution in [1.29, 1.82) is 0 Å². The van der Waals surface area contributed by atoms with Gasteiger partial charge in [0.25, 0.3) is 0 Å². The number of hydrogen-bond donors (Lipinski definition) is 1. The van der Waals surface area contributed by atoms with E-state index >= 15 is 0 Å². The van der Waals surface area contributed by atoms with Gasteiger partial charge in [0.1, 0.15) is 0 Å². The van der Waals surface area contributed by atoms with Crippen LogP contribution in [-0.4, -0.2) is 7.05 Å². The Morgan fingerprint density at radius 2 is 1.94 bits per heavy atom. The first-order valence-corrected chi connectivity index (χ1v) is 6.28. The van der Waals surface area contributed by atoms with Gasteiger partial charge in [0, 0.05) is 6.04 Å². The summed E-state index contributed by atoms with van der Waals surface area (Å²) in [5.74, 6) is 0.561. The SMILES string of the molecule is CNC(c1ccc(C(F)(F)F)cc1C)C1CCC1. The van der Waals surface area contributed by atoms with E-state index in [1.54, 1.807) is 13.0 Å². The first kappa shape index (κ1) is 13.4. The molecule has 0 radical (unpaired) electrons. The average Bonchev–Trinajstić information content (AvgIpc) is 2.22. The second-order valence-corrected chi connectivity index (χ2v) is 5.03. The van der Waals surface area contributed by atoms with Crippen LogP contribution in [0.2, 0.25) is 0 Å². The third-order valence-corrected chi connectivity index (χ3v) is 3.86. The van der Waals surface area contributed by atoms with Gasteiger partial charge in [-0.25, -0.2) is 0 Å². The summed E-state index contributed by atoms with van der Waals surface area (Å²) < 4.78 is 37.8. The van der Waals surface area contributed by atoms with Gasteiger partial charge in [-0.05, 0) is 56.0 Å². The van der Waals surface area contributed by atoms with E-state index in [1.165, 1.54) is 18.6 Å². The van der Waals surface area contributed by atoms with Crippen LogP contribution in [0.4, 0.5) is 13.2 Å². The van der Waals surface area contributed by atoms with Gasteiger partial charge in [-0.3, -0.25) is 0 Å². The molecule has 1 aliphatic rings. The maximum absolute atomic E-state index is 12.6. The topological polar surface area (TPSA) is 12.0 Å². The fraction of sp³-hybridized carbons (Fsp3) is 0.571. The second kappa shape index (κ2) is 4.92. The monoisotopic (exact) mass is 257 g/mol. The van der Waals surface area contributed by atoms with Crippen LogP contribution < -0.4 is 5.32 Å². The molecule has 0 bridgehead atoms. The summed E-state index contributed by atoms with van der Waals surface area (Å²) in [7, 11) is 1.88. The predicted molar refractivity (Wildman–Crippen MR) is 65.3 cm³/mol. The number of alkyl halides is 3. The maximum atomic E-state index is 12.6. The minimum atomic E-state index is -4.26. The number of nitrogens with one attached hydrogen (secondary N) is 1. The van der Waals surface area contributed by atoms with Crippen LogP contribution in [0.25, 0.3) is 0 Å². The zero-order chi connectivity index (χ0) is 13.3. The zero-order valence-corrected chi connectivity index (χ0v) is 10.6. The summed E-state index contributed by atoms with van der Waals surface area (Å²) >= 11 is 0. The maximum Gasteiger partial charge on any atom is 0.416 e. The number of aryl methyl sites for hydroxylation is 1. The van der Waals surface area contributed by atoms with E-state index in [2.05, 4.69) is 5.32 Å². The van der Waals surface area contributed by atoms with Gasteiger partial charge in [-0.1, -0.05) is 12.5 Å². The van der Waals surface area contributed by atoms with E-state index in [4.69, 9.17) is 0 Å². The summed E-state index contributed by atoms with van der Waals surface area (Å²) in [6.07, 6.45) is -0.713. The molecular weight excluding hydrogens is 239 g/mol. The van der Waals surface area contributed by atoms with Gasteiger partial charge in [-0.15, -0.1) is 0 Å². The van der Waals surface area contributed by atoms with Crippen LogP contribution in [0.5, 0.6) is 0 Å². The Balaban J connectivity index is 2.28. The molecule has 1 atom stereocenters. The van der Waals surface area contributed by atoms with Crippen molar-refractivity contribution in [1.82, 2.24) is 5.32 Å². The quantitative estimate of drug-likeness (QED) is 0.860. The first-order valence-electron chi connectivity index (χ1n) is 6.28. The van der Waals surface area contributed by atoms with Crippen molar-refractivity contribution in [2.45, 2.75) is 38.4 Å². The molecule has 18 heavy (non-hydrogen) atoms. The van der Waals surface area contributed by atoms with Crippen LogP contribution in [0.3, 0.4) is 0 Å². The Hall–Kier alpha value is -1.03. The normalized spacial score (nSPS) is 18.5. The molecule has 0 amide bonds. The molecule has 1 aromatic rings. The van der Waals surface area contributed by atoms with Crippen molar-refractivity contribution in [3.8, 4) is 0 Å². The molecule has 0 heterocycles. The van der Waals surface area contributed by atoms with E-state index in [-0.39, 0.29) is 6.04 Å². The predicted octanol–water partition coefficient (Wildman–Crippen LogP) is 4.07. The molecule has 1 unspecified atom stereocenters. The van der Waals surface area contributed by atoms with Crippen LogP contribution in [-0.2, 0) is 6.18 Å². The van der Waals surface area contributed by atoms with Gasteiger partial charge in [0.05, 0.1) is 5.56 Å². The molecule has 0 spiro atoms. The molecule has 1 fully saturated rings. The van der Waals surface area contributed by atoms with Crippen molar-refractivity contribution >= 4 is 0 Å². The smallest absolute Gasteiger partial charge is 0.313 e. The van der Waals surface area contributed by atoms with Crippen molar-refractivity contribution < 1.29 is 13.2 Å². The van der Waals surface area contributed by atoms with Gasteiger partial charge in [-0.2, -0.15) is 13.2 Å². The Kier molecular flexibility index (Phi) is 3.66. The summed E-state index contributed by atoms with van der Waals surface area (Å²) in [5, 5.41) is 3.24. The molecule has 1 saturated carbocycles. The molecule has 1 nitrogen and oxygen atoms in total. The lowest BCUT2D eigenvalue weighted by molar-refractivity contribution is -0.137. The molecule has 1 aliphatic carbocycles. The van der Waals surface area contributed by atoms with Crippen LogP contribution in [0.1, 0.15) is 42.0 Å². The number of rotatable bonds is 3. The van der Waals surface area contributed by atoms with Crippen LogP contribution in [0.15, 0.2) is 18.2 Å². The number of halogens is 3. The molecule has 1 N–H and O–H groups in total. The highest BCUT2D eigenvalue weighted by molar-refractivity contribution is 5.35. The lowest BCUT2D eigenvalue weighted by atomic mass is 9.76. The molecule has 1 aromatic carbocycles. The molecular formula is C14H18F3N. The lowest BCUT2D eigenvalue weighted by Crippen LogP contribution is -2.30. The molecule has 100 valence electrons. The highest BCUT2D eigenvalue weighted by atomic mass is 19.4. The highest BCUT2D eigenvalue weighted by Crippen LogP contribution is 2.39. The standard InChI is InChI=1S/C14H18F3N/c1-9-8-11(14(15,16)17)6-7-12(9)13(18-2)10-4-3-5-10/h6-8,10,13,18H,3-5H2,1-2H3. The summed E-state index contributed by atoms with van der Waals surface area (Å²) in [6.45, 7) is 1.76. The van der Waals surface area contributed by atoms with E-state index in [1.807, 2.05) is 7.05 Å². The molecule has 4 heteroatoms. The highest BCUT2D eigenvalue weighted by Gasteiger charge is 2.32. The van der Waals surface area contributed by atoms with E-state index in [9.17, 15) is 13.2 Å². The van der Waals surface area contributed by atoms with Crippen LogP contribution >= 0.6 is 0 Å². The van der Waals surface area contributed by atoms with Crippen molar-refractivity contribution in [2.24, 2.45) is 5.92 Å². The zero-order valence-electron chi connectivity index (χ0n) is 10.6. The summed E-state index contributed by atoms with van der Waals surface area (Å²) in [4.78, 5) is 0. The molecule has 0 saturated heterocycles. The number of hydrogen-bond acceptors (Lipinski definition) is 1. The largest absolute Gasteiger partial charge is 0.416 e. The summed E-state index contributed by atoms with van der Waals surface area (Å²) in [6, 6.07) is 4.24. The Bertz CT molecular complexity index is 422. The van der Waals surface area contributed by atoms with E-state index in [0.29, 0.717) is 5.92 Å². The van der Waals surface area contributed by atoms with Gasteiger partial charge in [0.2, 0.25) is 0 Å². The van der Waals surface area contributed by atoms with Gasteiger partial charge >= 0.3 is 6.18 Å². The fourth-order valence-corrected chi connectivity index (χ4v) is 2.62. The average molecular weight is 257 g/mol.